The molecule has 0 saturated carbocycles. The minimum Gasteiger partial charge on any atom is -0.382 e. The minimum absolute atomic E-state index is 0.225. The maximum absolute atomic E-state index is 12.1. The number of fused-ring (bicyclic) bond motifs is 1. The van der Waals surface area contributed by atoms with Gasteiger partial charge < -0.3 is 5.32 Å². The van der Waals surface area contributed by atoms with Gasteiger partial charge in [0.2, 0.25) is 5.95 Å². The molecule has 6 nitrogen and oxygen atoms in total. The van der Waals surface area contributed by atoms with E-state index in [2.05, 4.69) is 20.7 Å². The van der Waals surface area contributed by atoms with Crippen LogP contribution in [0, 0.1) is 0 Å². The molecule has 1 amide bonds. The normalized spacial score (nSPS) is 10.5. The molecule has 2 heterocycles. The van der Waals surface area contributed by atoms with Crippen LogP contribution in [-0.2, 0) is 0 Å². The predicted molar refractivity (Wildman–Crippen MR) is 81.5 cm³/mol. The SMILES string of the molecule is CCNc1cccn2nc(NC(=O)c3ccccc3)nc12. The number of carbonyl (C=O) groups is 1. The van der Waals surface area contributed by atoms with Crippen LogP contribution in [0.5, 0.6) is 0 Å². The molecule has 3 aromatic rings. The summed E-state index contributed by atoms with van der Waals surface area (Å²) in [5.41, 5.74) is 2.14. The summed E-state index contributed by atoms with van der Waals surface area (Å²) in [4.78, 5) is 16.4. The van der Waals surface area contributed by atoms with E-state index in [9.17, 15) is 4.79 Å². The lowest BCUT2D eigenvalue weighted by Crippen LogP contribution is -2.12. The lowest BCUT2D eigenvalue weighted by atomic mass is 10.2. The molecule has 1 aromatic carbocycles. The number of benzene rings is 1. The number of nitrogens with zero attached hydrogens (tertiary/aromatic N) is 3. The largest absolute Gasteiger partial charge is 0.382 e. The Morgan fingerprint density at radius 3 is 2.76 bits per heavy atom. The second kappa shape index (κ2) is 5.62. The third-order valence-electron chi connectivity index (χ3n) is 2.99. The van der Waals surface area contributed by atoms with Gasteiger partial charge in [0.25, 0.3) is 5.91 Å². The molecular weight excluding hydrogens is 266 g/mol. The lowest BCUT2D eigenvalue weighted by Gasteiger charge is -2.02. The van der Waals surface area contributed by atoms with E-state index in [1.54, 1.807) is 22.8 Å². The van der Waals surface area contributed by atoms with E-state index in [0.717, 1.165) is 12.2 Å². The summed E-state index contributed by atoms with van der Waals surface area (Å²) >= 11 is 0. The van der Waals surface area contributed by atoms with Crippen molar-refractivity contribution in [2.75, 3.05) is 17.2 Å². The van der Waals surface area contributed by atoms with Crippen molar-refractivity contribution in [3.63, 3.8) is 0 Å². The van der Waals surface area contributed by atoms with Crippen LogP contribution >= 0.6 is 0 Å². The van der Waals surface area contributed by atoms with Crippen LogP contribution in [0.15, 0.2) is 48.7 Å². The van der Waals surface area contributed by atoms with Gasteiger partial charge in [-0.25, -0.2) is 4.52 Å². The Bertz CT molecular complexity index is 766. The van der Waals surface area contributed by atoms with Crippen molar-refractivity contribution < 1.29 is 4.79 Å². The number of aromatic nitrogens is 3. The standard InChI is InChI=1S/C15H15N5O/c1-2-16-12-9-6-10-20-13(12)17-15(19-20)18-14(21)11-7-4-3-5-8-11/h3-10,16H,2H2,1H3,(H,18,19,21). The zero-order valence-corrected chi connectivity index (χ0v) is 11.6. The van der Waals surface area contributed by atoms with E-state index in [1.165, 1.54) is 0 Å². The van der Waals surface area contributed by atoms with Gasteiger partial charge in [0.1, 0.15) is 0 Å². The minimum atomic E-state index is -0.225. The third kappa shape index (κ3) is 2.69. The topological polar surface area (TPSA) is 71.3 Å². The zero-order valence-electron chi connectivity index (χ0n) is 11.6. The van der Waals surface area contributed by atoms with Gasteiger partial charge in [0.15, 0.2) is 5.65 Å². The third-order valence-corrected chi connectivity index (χ3v) is 2.99. The smallest absolute Gasteiger partial charge is 0.258 e. The highest BCUT2D eigenvalue weighted by atomic mass is 16.1. The van der Waals surface area contributed by atoms with Gasteiger partial charge >= 0.3 is 0 Å². The van der Waals surface area contributed by atoms with Crippen molar-refractivity contribution in [2.24, 2.45) is 0 Å². The number of pyridine rings is 1. The molecule has 0 aliphatic rings. The first-order valence-corrected chi connectivity index (χ1v) is 6.73. The molecule has 106 valence electrons. The van der Waals surface area contributed by atoms with Crippen LogP contribution in [0.3, 0.4) is 0 Å². The average Bonchev–Trinajstić information content (AvgIpc) is 2.92. The Balaban J connectivity index is 1.88. The summed E-state index contributed by atoms with van der Waals surface area (Å²) < 4.78 is 1.64. The summed E-state index contributed by atoms with van der Waals surface area (Å²) in [5.74, 6) is 0.0608. The van der Waals surface area contributed by atoms with Gasteiger partial charge in [0.05, 0.1) is 5.69 Å². The molecule has 0 radical (unpaired) electrons. The Labute approximate surface area is 121 Å². The maximum Gasteiger partial charge on any atom is 0.258 e. The Morgan fingerprint density at radius 2 is 2.00 bits per heavy atom. The van der Waals surface area contributed by atoms with Gasteiger partial charge in [0, 0.05) is 18.3 Å². The van der Waals surface area contributed by atoms with Crippen molar-refractivity contribution in [1.82, 2.24) is 14.6 Å². The summed E-state index contributed by atoms with van der Waals surface area (Å²) in [6.45, 7) is 2.80. The molecule has 0 bridgehead atoms. The highest BCUT2D eigenvalue weighted by Gasteiger charge is 2.11. The van der Waals surface area contributed by atoms with E-state index >= 15 is 0 Å². The molecule has 0 aliphatic carbocycles. The molecule has 2 aromatic heterocycles. The van der Waals surface area contributed by atoms with E-state index in [0.29, 0.717) is 11.2 Å². The Hall–Kier alpha value is -2.89. The van der Waals surface area contributed by atoms with Gasteiger partial charge in [-0.3, -0.25) is 10.1 Å². The van der Waals surface area contributed by atoms with Crippen LogP contribution in [-0.4, -0.2) is 27.0 Å². The number of amides is 1. The summed E-state index contributed by atoms with van der Waals surface area (Å²) in [6, 6.07) is 12.8. The van der Waals surface area contributed by atoms with Crippen LogP contribution in [0.25, 0.3) is 5.65 Å². The van der Waals surface area contributed by atoms with Gasteiger partial charge in [-0.2, -0.15) is 4.98 Å². The molecule has 0 spiro atoms. The monoisotopic (exact) mass is 281 g/mol. The average molecular weight is 281 g/mol. The quantitative estimate of drug-likeness (QED) is 0.770. The van der Waals surface area contributed by atoms with Crippen molar-refractivity contribution in [3.8, 4) is 0 Å². The zero-order chi connectivity index (χ0) is 14.7. The molecule has 6 heteroatoms. The number of carbonyl (C=O) groups excluding carboxylic acids is 1. The second-order valence-electron chi connectivity index (χ2n) is 4.48. The summed E-state index contributed by atoms with van der Waals surface area (Å²) in [6.07, 6.45) is 1.79. The van der Waals surface area contributed by atoms with E-state index < -0.39 is 0 Å². The molecule has 0 aliphatic heterocycles. The number of anilines is 2. The molecule has 0 unspecified atom stereocenters. The van der Waals surface area contributed by atoms with Gasteiger partial charge in [-0.1, -0.05) is 18.2 Å². The number of rotatable bonds is 4. The Kier molecular flexibility index (Phi) is 3.51. The summed E-state index contributed by atoms with van der Waals surface area (Å²) in [5, 5.41) is 10.2. The molecule has 3 rings (SSSR count). The first-order valence-electron chi connectivity index (χ1n) is 6.73. The molecule has 21 heavy (non-hydrogen) atoms. The maximum atomic E-state index is 12.1. The van der Waals surface area contributed by atoms with Crippen molar-refractivity contribution in [3.05, 3.63) is 54.2 Å². The molecule has 0 fully saturated rings. The molecule has 0 atom stereocenters. The lowest BCUT2D eigenvalue weighted by molar-refractivity contribution is 0.102. The fraction of sp³-hybridized carbons (Fsp3) is 0.133. The van der Waals surface area contributed by atoms with Crippen molar-refractivity contribution >= 4 is 23.2 Å². The second-order valence-corrected chi connectivity index (χ2v) is 4.48. The highest BCUT2D eigenvalue weighted by molar-refractivity contribution is 6.03. The fourth-order valence-electron chi connectivity index (χ4n) is 2.05. The number of hydrogen-bond acceptors (Lipinski definition) is 4. The van der Waals surface area contributed by atoms with Crippen LogP contribution in [0.1, 0.15) is 17.3 Å². The molecule has 0 saturated heterocycles. The highest BCUT2D eigenvalue weighted by Crippen LogP contribution is 2.16. The fourth-order valence-corrected chi connectivity index (χ4v) is 2.05. The van der Waals surface area contributed by atoms with E-state index in [-0.39, 0.29) is 11.9 Å². The van der Waals surface area contributed by atoms with Crippen molar-refractivity contribution in [1.29, 1.82) is 0 Å². The van der Waals surface area contributed by atoms with E-state index in [1.807, 2.05) is 37.3 Å². The first-order chi connectivity index (χ1) is 10.3. The molecular formula is C15H15N5O. The number of hydrogen-bond donors (Lipinski definition) is 2. The van der Waals surface area contributed by atoms with Crippen LogP contribution in [0.4, 0.5) is 11.6 Å². The molecule has 2 N–H and O–H groups in total. The first kappa shape index (κ1) is 13.1. The number of nitrogens with one attached hydrogen (secondary N) is 2. The van der Waals surface area contributed by atoms with Crippen molar-refractivity contribution in [2.45, 2.75) is 6.92 Å². The van der Waals surface area contributed by atoms with Gasteiger partial charge in [-0.05, 0) is 31.2 Å². The van der Waals surface area contributed by atoms with Crippen LogP contribution in [0.2, 0.25) is 0 Å². The van der Waals surface area contributed by atoms with Crippen LogP contribution < -0.4 is 10.6 Å². The van der Waals surface area contributed by atoms with Gasteiger partial charge in [-0.15, -0.1) is 5.10 Å². The Morgan fingerprint density at radius 1 is 1.19 bits per heavy atom. The van der Waals surface area contributed by atoms with E-state index in [4.69, 9.17) is 0 Å². The summed E-state index contributed by atoms with van der Waals surface area (Å²) in [7, 11) is 0. The predicted octanol–water partition coefficient (Wildman–Crippen LogP) is 2.41.